The van der Waals surface area contributed by atoms with Gasteiger partial charge in [0.15, 0.2) is 5.66 Å². The van der Waals surface area contributed by atoms with E-state index in [1.807, 2.05) is 18.2 Å². The van der Waals surface area contributed by atoms with Gasteiger partial charge in [0.05, 0.1) is 13.2 Å². The Morgan fingerprint density at radius 2 is 2.00 bits per heavy atom. The molecule has 0 saturated carbocycles. The molecule has 0 aliphatic carbocycles. The molecule has 27 heavy (non-hydrogen) atoms. The Labute approximate surface area is 161 Å². The highest BCUT2D eigenvalue weighted by Gasteiger charge is 2.39. The van der Waals surface area contributed by atoms with E-state index in [2.05, 4.69) is 38.5 Å². The lowest BCUT2D eigenvalue weighted by molar-refractivity contribution is -0.122. The van der Waals surface area contributed by atoms with Gasteiger partial charge in [-0.2, -0.15) is 10.2 Å². The Kier molecular flexibility index (Phi) is 6.97. The van der Waals surface area contributed by atoms with Crippen molar-refractivity contribution in [2.24, 2.45) is 10.2 Å². The number of terminal acetylenes is 1. The summed E-state index contributed by atoms with van der Waals surface area (Å²) in [6, 6.07) is 10.4. The van der Waals surface area contributed by atoms with E-state index in [0.717, 1.165) is 45.7 Å². The van der Waals surface area contributed by atoms with Crippen LogP contribution in [0.4, 0.5) is 0 Å². The van der Waals surface area contributed by atoms with Crippen molar-refractivity contribution in [3.63, 3.8) is 0 Å². The van der Waals surface area contributed by atoms with E-state index in [-0.39, 0.29) is 11.9 Å². The Balaban J connectivity index is 1.51. The summed E-state index contributed by atoms with van der Waals surface area (Å²) in [7, 11) is 0. The van der Waals surface area contributed by atoms with E-state index in [4.69, 9.17) is 11.2 Å². The average molecular weight is 368 g/mol. The summed E-state index contributed by atoms with van der Waals surface area (Å²) in [4.78, 5) is 14.9. The molecular formula is C21H28N4O2. The zero-order valence-corrected chi connectivity index (χ0v) is 15.8. The smallest absolute Gasteiger partial charge is 0.220 e. The molecule has 1 atom stereocenters. The van der Waals surface area contributed by atoms with E-state index >= 15 is 0 Å². The van der Waals surface area contributed by atoms with E-state index < -0.39 is 5.66 Å². The third-order valence-electron chi connectivity index (χ3n) is 5.08. The number of ether oxygens (including phenoxy) is 1. The molecular weight excluding hydrogens is 340 g/mol. The maximum absolute atomic E-state index is 12.6. The number of benzene rings is 1. The van der Waals surface area contributed by atoms with Gasteiger partial charge in [-0.3, -0.25) is 9.69 Å². The molecule has 1 saturated heterocycles. The molecule has 144 valence electrons. The Bertz CT molecular complexity index is 671. The molecule has 0 aromatic heterocycles. The number of carbonyl (C=O) groups excluding carboxylic acids is 1. The van der Waals surface area contributed by atoms with Crippen molar-refractivity contribution >= 4 is 5.91 Å². The molecule has 1 unspecified atom stereocenters. The van der Waals surface area contributed by atoms with E-state index in [1.165, 1.54) is 5.56 Å². The second kappa shape index (κ2) is 9.63. The van der Waals surface area contributed by atoms with Crippen molar-refractivity contribution in [1.29, 1.82) is 0 Å². The fraction of sp³-hybridized carbons (Fsp3) is 0.571. The van der Waals surface area contributed by atoms with Crippen molar-refractivity contribution in [2.45, 2.75) is 43.8 Å². The molecule has 1 aromatic carbocycles. The lowest BCUT2D eigenvalue weighted by Gasteiger charge is -2.31. The first-order valence-corrected chi connectivity index (χ1v) is 9.70. The predicted molar refractivity (Wildman–Crippen MR) is 104 cm³/mol. The van der Waals surface area contributed by atoms with Gasteiger partial charge in [-0.05, 0) is 12.0 Å². The number of nitrogens with one attached hydrogen (secondary N) is 1. The third-order valence-corrected chi connectivity index (χ3v) is 5.08. The maximum atomic E-state index is 12.6. The minimum absolute atomic E-state index is 0.0570. The Morgan fingerprint density at radius 3 is 2.67 bits per heavy atom. The highest BCUT2D eigenvalue weighted by atomic mass is 16.5. The van der Waals surface area contributed by atoms with Gasteiger partial charge in [-0.15, -0.1) is 12.3 Å². The first-order valence-electron chi connectivity index (χ1n) is 9.70. The molecule has 0 spiro atoms. The molecule has 2 aliphatic heterocycles. The van der Waals surface area contributed by atoms with E-state index in [9.17, 15) is 4.79 Å². The van der Waals surface area contributed by atoms with Gasteiger partial charge in [0.25, 0.3) is 0 Å². The van der Waals surface area contributed by atoms with Gasteiger partial charge in [0.1, 0.15) is 0 Å². The summed E-state index contributed by atoms with van der Waals surface area (Å²) in [5.74, 6) is 2.68. The number of rotatable bonds is 10. The van der Waals surface area contributed by atoms with Crippen LogP contribution in [0, 0.1) is 12.3 Å². The Hall–Kier alpha value is -2.23. The van der Waals surface area contributed by atoms with Gasteiger partial charge in [0, 0.05) is 51.4 Å². The standard InChI is InChI=1S/C21H28N4O2/c1-2-3-10-21(23-24-21)11-9-20(26)22-19(16-18-7-5-4-6-8-18)17-25-12-14-27-15-13-25/h1,4-8,19H,3,9-17H2,(H,22,26). The Morgan fingerprint density at radius 1 is 1.26 bits per heavy atom. The van der Waals surface area contributed by atoms with Crippen LogP contribution in [0.1, 0.15) is 31.2 Å². The van der Waals surface area contributed by atoms with Crippen LogP contribution in [0.5, 0.6) is 0 Å². The van der Waals surface area contributed by atoms with Crippen LogP contribution in [0.25, 0.3) is 0 Å². The largest absolute Gasteiger partial charge is 0.379 e. The fourth-order valence-corrected chi connectivity index (χ4v) is 3.44. The van der Waals surface area contributed by atoms with Crippen molar-refractivity contribution in [2.75, 3.05) is 32.8 Å². The molecule has 1 fully saturated rings. The number of amides is 1. The zero-order chi connectivity index (χ0) is 19.0. The topological polar surface area (TPSA) is 66.3 Å². The summed E-state index contributed by atoms with van der Waals surface area (Å²) in [5.41, 5.74) is 0.830. The molecule has 3 rings (SSSR count). The number of hydrogen-bond donors (Lipinski definition) is 1. The van der Waals surface area contributed by atoms with Crippen LogP contribution in [0.2, 0.25) is 0 Å². The zero-order valence-electron chi connectivity index (χ0n) is 15.8. The molecule has 2 heterocycles. The number of nitrogens with zero attached hydrogens (tertiary/aromatic N) is 3. The molecule has 2 aliphatic rings. The summed E-state index contributed by atoms with van der Waals surface area (Å²) in [5, 5.41) is 11.4. The maximum Gasteiger partial charge on any atom is 0.220 e. The first kappa shape index (κ1) is 19.5. The first-order chi connectivity index (χ1) is 13.2. The van der Waals surface area contributed by atoms with Crippen molar-refractivity contribution in [1.82, 2.24) is 10.2 Å². The second-order valence-electron chi connectivity index (χ2n) is 7.25. The lowest BCUT2D eigenvalue weighted by atomic mass is 10.0. The van der Waals surface area contributed by atoms with Gasteiger partial charge in [-0.25, -0.2) is 0 Å². The van der Waals surface area contributed by atoms with Gasteiger partial charge in [-0.1, -0.05) is 30.3 Å². The molecule has 6 heteroatoms. The number of morpholine rings is 1. The predicted octanol–water partition coefficient (Wildman–Crippen LogP) is 2.40. The fourth-order valence-electron chi connectivity index (χ4n) is 3.44. The monoisotopic (exact) mass is 368 g/mol. The number of hydrogen-bond acceptors (Lipinski definition) is 5. The minimum atomic E-state index is -0.400. The van der Waals surface area contributed by atoms with Crippen LogP contribution in [-0.4, -0.2) is 55.4 Å². The van der Waals surface area contributed by atoms with Crippen LogP contribution in [0.15, 0.2) is 40.6 Å². The van der Waals surface area contributed by atoms with Crippen LogP contribution in [0.3, 0.4) is 0 Å². The van der Waals surface area contributed by atoms with Gasteiger partial charge >= 0.3 is 0 Å². The van der Waals surface area contributed by atoms with Gasteiger partial charge in [0.2, 0.25) is 5.91 Å². The number of carbonyl (C=O) groups is 1. The normalized spacial score (nSPS) is 19.2. The van der Waals surface area contributed by atoms with E-state index in [0.29, 0.717) is 19.3 Å². The molecule has 1 aromatic rings. The van der Waals surface area contributed by atoms with Gasteiger partial charge < -0.3 is 10.1 Å². The molecule has 6 nitrogen and oxygen atoms in total. The third kappa shape index (κ3) is 6.46. The van der Waals surface area contributed by atoms with E-state index in [1.54, 1.807) is 0 Å². The summed E-state index contributed by atoms with van der Waals surface area (Å²) < 4.78 is 5.43. The van der Waals surface area contributed by atoms with Crippen molar-refractivity contribution in [3.8, 4) is 12.3 Å². The molecule has 1 amide bonds. The van der Waals surface area contributed by atoms with Crippen LogP contribution in [-0.2, 0) is 16.0 Å². The molecule has 0 bridgehead atoms. The second-order valence-corrected chi connectivity index (χ2v) is 7.25. The van der Waals surface area contributed by atoms with Crippen molar-refractivity contribution < 1.29 is 9.53 Å². The summed E-state index contributed by atoms with van der Waals surface area (Å²) in [6.07, 6.45) is 8.57. The molecule has 1 N–H and O–H groups in total. The lowest BCUT2D eigenvalue weighted by Crippen LogP contribution is -2.48. The minimum Gasteiger partial charge on any atom is -0.379 e. The van der Waals surface area contributed by atoms with Crippen LogP contribution < -0.4 is 5.32 Å². The van der Waals surface area contributed by atoms with Crippen LogP contribution >= 0.6 is 0 Å². The average Bonchev–Trinajstić information content (AvgIpc) is 3.47. The van der Waals surface area contributed by atoms with Crippen molar-refractivity contribution in [3.05, 3.63) is 35.9 Å². The SMILES string of the molecule is C#CCCC1(CCC(=O)NC(Cc2ccccc2)CN2CCOCC2)N=N1. The molecule has 0 radical (unpaired) electrons. The quantitative estimate of drug-likeness (QED) is 0.645. The summed E-state index contributed by atoms with van der Waals surface area (Å²) in [6.45, 7) is 4.17. The highest BCUT2D eigenvalue weighted by Crippen LogP contribution is 2.37. The summed E-state index contributed by atoms with van der Waals surface area (Å²) >= 11 is 0. The highest BCUT2D eigenvalue weighted by molar-refractivity contribution is 5.76.